The SMILES string of the molecule is CN(C)c1ccc2ncc(CN)cc2c1. The Morgan fingerprint density at radius 1 is 1.27 bits per heavy atom. The fourth-order valence-electron chi connectivity index (χ4n) is 1.55. The summed E-state index contributed by atoms with van der Waals surface area (Å²) in [6.07, 6.45) is 1.83. The molecular weight excluding hydrogens is 186 g/mol. The number of hydrogen-bond acceptors (Lipinski definition) is 3. The van der Waals surface area contributed by atoms with Gasteiger partial charge in [-0.25, -0.2) is 0 Å². The molecule has 0 aliphatic rings. The number of fused-ring (bicyclic) bond motifs is 1. The van der Waals surface area contributed by atoms with Crippen LogP contribution in [0.5, 0.6) is 0 Å². The zero-order chi connectivity index (χ0) is 10.8. The number of anilines is 1. The lowest BCUT2D eigenvalue weighted by atomic mass is 10.1. The second kappa shape index (κ2) is 3.87. The molecule has 3 nitrogen and oxygen atoms in total. The lowest BCUT2D eigenvalue weighted by Gasteiger charge is -2.12. The number of aromatic nitrogens is 1. The molecule has 0 bridgehead atoms. The molecule has 1 aromatic carbocycles. The van der Waals surface area contributed by atoms with E-state index in [1.165, 1.54) is 5.69 Å². The van der Waals surface area contributed by atoms with Gasteiger partial charge in [0.05, 0.1) is 5.52 Å². The molecule has 0 saturated carbocycles. The minimum absolute atomic E-state index is 0.537. The van der Waals surface area contributed by atoms with Gasteiger partial charge in [0.25, 0.3) is 0 Å². The highest BCUT2D eigenvalue weighted by molar-refractivity contribution is 5.82. The second-order valence-corrected chi connectivity index (χ2v) is 3.82. The third-order valence-electron chi connectivity index (χ3n) is 2.47. The highest BCUT2D eigenvalue weighted by Gasteiger charge is 2.00. The molecule has 3 heteroatoms. The summed E-state index contributed by atoms with van der Waals surface area (Å²) in [6, 6.07) is 8.32. The molecular formula is C12H15N3. The summed E-state index contributed by atoms with van der Waals surface area (Å²) in [7, 11) is 4.06. The van der Waals surface area contributed by atoms with E-state index >= 15 is 0 Å². The quantitative estimate of drug-likeness (QED) is 0.805. The van der Waals surface area contributed by atoms with Crippen molar-refractivity contribution in [1.29, 1.82) is 0 Å². The number of benzene rings is 1. The summed E-state index contributed by atoms with van der Waals surface area (Å²) in [5.74, 6) is 0. The van der Waals surface area contributed by atoms with Crippen LogP contribution in [0, 0.1) is 0 Å². The van der Waals surface area contributed by atoms with Crippen LogP contribution in [0.2, 0.25) is 0 Å². The first-order valence-electron chi connectivity index (χ1n) is 4.97. The molecule has 15 heavy (non-hydrogen) atoms. The number of hydrogen-bond donors (Lipinski definition) is 1. The molecule has 0 spiro atoms. The smallest absolute Gasteiger partial charge is 0.0703 e. The van der Waals surface area contributed by atoms with Crippen molar-refractivity contribution in [3.05, 3.63) is 36.0 Å². The molecule has 1 aromatic heterocycles. The normalized spacial score (nSPS) is 10.6. The monoisotopic (exact) mass is 201 g/mol. The minimum atomic E-state index is 0.537. The van der Waals surface area contributed by atoms with Gasteiger partial charge in [0, 0.05) is 37.9 Å². The molecule has 0 aliphatic heterocycles. The van der Waals surface area contributed by atoms with Gasteiger partial charge in [-0.15, -0.1) is 0 Å². The van der Waals surface area contributed by atoms with Crippen LogP contribution in [0.25, 0.3) is 10.9 Å². The Morgan fingerprint density at radius 2 is 2.07 bits per heavy atom. The van der Waals surface area contributed by atoms with Crippen LogP contribution in [0.1, 0.15) is 5.56 Å². The fraction of sp³-hybridized carbons (Fsp3) is 0.250. The predicted molar refractivity (Wildman–Crippen MR) is 64.0 cm³/mol. The van der Waals surface area contributed by atoms with Crippen LogP contribution >= 0.6 is 0 Å². The molecule has 2 N–H and O–H groups in total. The highest BCUT2D eigenvalue weighted by atomic mass is 15.1. The average Bonchev–Trinajstić information content (AvgIpc) is 2.27. The third-order valence-corrected chi connectivity index (χ3v) is 2.47. The molecule has 0 amide bonds. The summed E-state index contributed by atoms with van der Waals surface area (Å²) >= 11 is 0. The van der Waals surface area contributed by atoms with Crippen molar-refractivity contribution in [1.82, 2.24) is 4.98 Å². The Labute approximate surface area is 89.5 Å². The van der Waals surface area contributed by atoms with Crippen LogP contribution in [-0.4, -0.2) is 19.1 Å². The van der Waals surface area contributed by atoms with Crippen LogP contribution in [0.4, 0.5) is 5.69 Å². The lowest BCUT2D eigenvalue weighted by Crippen LogP contribution is -2.08. The topological polar surface area (TPSA) is 42.2 Å². The maximum atomic E-state index is 5.59. The van der Waals surface area contributed by atoms with Gasteiger partial charge in [0.2, 0.25) is 0 Å². The van der Waals surface area contributed by atoms with Crippen molar-refractivity contribution < 1.29 is 0 Å². The van der Waals surface area contributed by atoms with Gasteiger partial charge in [0.15, 0.2) is 0 Å². The van der Waals surface area contributed by atoms with E-state index in [-0.39, 0.29) is 0 Å². The molecule has 0 radical (unpaired) electrons. The molecule has 0 aliphatic carbocycles. The van der Waals surface area contributed by atoms with Gasteiger partial charge < -0.3 is 10.6 Å². The largest absolute Gasteiger partial charge is 0.378 e. The van der Waals surface area contributed by atoms with Gasteiger partial charge in [-0.05, 0) is 29.8 Å². The zero-order valence-corrected chi connectivity index (χ0v) is 9.07. The maximum Gasteiger partial charge on any atom is 0.0703 e. The molecule has 78 valence electrons. The van der Waals surface area contributed by atoms with Crippen LogP contribution in [-0.2, 0) is 6.54 Å². The van der Waals surface area contributed by atoms with E-state index in [0.717, 1.165) is 16.5 Å². The number of pyridine rings is 1. The summed E-state index contributed by atoms with van der Waals surface area (Å²) in [5, 5.41) is 1.14. The Balaban J connectivity index is 2.57. The zero-order valence-electron chi connectivity index (χ0n) is 9.07. The summed E-state index contributed by atoms with van der Waals surface area (Å²) < 4.78 is 0. The van der Waals surface area contributed by atoms with Crippen molar-refractivity contribution in [2.45, 2.75) is 6.54 Å². The van der Waals surface area contributed by atoms with Crippen LogP contribution in [0.15, 0.2) is 30.5 Å². The van der Waals surface area contributed by atoms with Gasteiger partial charge in [-0.1, -0.05) is 0 Å². The van der Waals surface area contributed by atoms with E-state index in [0.29, 0.717) is 6.54 Å². The predicted octanol–water partition coefficient (Wildman–Crippen LogP) is 1.76. The summed E-state index contributed by atoms with van der Waals surface area (Å²) in [6.45, 7) is 0.537. The first-order valence-corrected chi connectivity index (χ1v) is 4.97. The van der Waals surface area contributed by atoms with E-state index in [2.05, 4.69) is 28.1 Å². The molecule has 0 saturated heterocycles. The van der Waals surface area contributed by atoms with E-state index in [1.54, 1.807) is 0 Å². The van der Waals surface area contributed by atoms with Crippen LogP contribution < -0.4 is 10.6 Å². The van der Waals surface area contributed by atoms with Crippen molar-refractivity contribution >= 4 is 16.6 Å². The van der Waals surface area contributed by atoms with E-state index < -0.39 is 0 Å². The number of nitrogens with two attached hydrogens (primary N) is 1. The van der Waals surface area contributed by atoms with E-state index in [1.807, 2.05) is 26.4 Å². The van der Waals surface area contributed by atoms with E-state index in [4.69, 9.17) is 5.73 Å². The van der Waals surface area contributed by atoms with Crippen molar-refractivity contribution in [2.24, 2.45) is 5.73 Å². The summed E-state index contributed by atoms with van der Waals surface area (Å²) in [4.78, 5) is 6.43. The standard InChI is InChI=1S/C12H15N3/c1-15(2)11-3-4-12-10(6-11)5-9(7-13)8-14-12/h3-6,8H,7,13H2,1-2H3. The molecule has 2 rings (SSSR count). The lowest BCUT2D eigenvalue weighted by molar-refractivity contribution is 1.06. The molecule has 0 unspecified atom stereocenters. The minimum Gasteiger partial charge on any atom is -0.378 e. The van der Waals surface area contributed by atoms with E-state index in [9.17, 15) is 0 Å². The average molecular weight is 201 g/mol. The Kier molecular flexibility index (Phi) is 2.56. The first kappa shape index (κ1) is 9.93. The molecule has 1 heterocycles. The molecule has 0 fully saturated rings. The number of nitrogens with zero attached hydrogens (tertiary/aromatic N) is 2. The maximum absolute atomic E-state index is 5.59. The van der Waals surface area contributed by atoms with Crippen molar-refractivity contribution in [3.8, 4) is 0 Å². The Hall–Kier alpha value is -1.61. The molecule has 2 aromatic rings. The fourth-order valence-corrected chi connectivity index (χ4v) is 1.55. The van der Waals surface area contributed by atoms with Gasteiger partial charge in [0.1, 0.15) is 0 Å². The van der Waals surface area contributed by atoms with Gasteiger partial charge >= 0.3 is 0 Å². The first-order chi connectivity index (χ1) is 7.20. The highest BCUT2D eigenvalue weighted by Crippen LogP contribution is 2.20. The van der Waals surface area contributed by atoms with Crippen molar-refractivity contribution in [2.75, 3.05) is 19.0 Å². The third kappa shape index (κ3) is 1.92. The second-order valence-electron chi connectivity index (χ2n) is 3.82. The summed E-state index contributed by atoms with van der Waals surface area (Å²) in [5.41, 5.74) is 8.85. The molecule has 0 atom stereocenters. The number of rotatable bonds is 2. The van der Waals surface area contributed by atoms with Gasteiger partial charge in [-0.2, -0.15) is 0 Å². The van der Waals surface area contributed by atoms with Crippen molar-refractivity contribution in [3.63, 3.8) is 0 Å². The van der Waals surface area contributed by atoms with Gasteiger partial charge in [-0.3, -0.25) is 4.98 Å². The Morgan fingerprint density at radius 3 is 2.73 bits per heavy atom. The Bertz CT molecular complexity index is 477. The van der Waals surface area contributed by atoms with Crippen LogP contribution in [0.3, 0.4) is 0 Å².